The highest BCUT2D eigenvalue weighted by atomic mass is 32.2. The zero-order valence-electron chi connectivity index (χ0n) is 9.19. The lowest BCUT2D eigenvalue weighted by Gasteiger charge is -2.40. The summed E-state index contributed by atoms with van der Waals surface area (Å²) in [6.07, 6.45) is 0. The molecule has 16 heavy (non-hydrogen) atoms. The fourth-order valence-corrected chi connectivity index (χ4v) is 3.36. The Labute approximate surface area is 99.2 Å². The highest BCUT2D eigenvalue weighted by Crippen LogP contribution is 2.35. The first-order valence-electron chi connectivity index (χ1n) is 5.51. The van der Waals surface area contributed by atoms with Crippen molar-refractivity contribution in [3.8, 4) is 0 Å². The molecule has 1 amide bonds. The predicted octanol–water partition coefficient (Wildman–Crippen LogP) is 1.87. The van der Waals surface area contributed by atoms with Crippen LogP contribution in [0.15, 0.2) is 18.2 Å². The van der Waals surface area contributed by atoms with Crippen LogP contribution < -0.4 is 10.2 Å². The lowest BCUT2D eigenvalue weighted by Crippen LogP contribution is -2.52. The van der Waals surface area contributed by atoms with Crippen LogP contribution >= 0.6 is 11.8 Å². The van der Waals surface area contributed by atoms with E-state index in [2.05, 4.69) is 23.2 Å². The molecule has 84 valence electrons. The molecule has 0 radical (unpaired) electrons. The van der Waals surface area contributed by atoms with Crippen LogP contribution in [0.1, 0.15) is 5.56 Å². The van der Waals surface area contributed by atoms with Gasteiger partial charge in [-0.2, -0.15) is 11.8 Å². The van der Waals surface area contributed by atoms with Crippen LogP contribution in [0.4, 0.5) is 11.4 Å². The van der Waals surface area contributed by atoms with Gasteiger partial charge in [-0.15, -0.1) is 0 Å². The third kappa shape index (κ3) is 1.48. The number of fused-ring (bicyclic) bond motifs is 3. The molecule has 1 atom stereocenters. The van der Waals surface area contributed by atoms with Crippen molar-refractivity contribution in [2.24, 2.45) is 0 Å². The summed E-state index contributed by atoms with van der Waals surface area (Å²) in [5.41, 5.74) is 3.38. The third-order valence-corrected chi connectivity index (χ3v) is 4.17. The molecule has 0 spiro atoms. The van der Waals surface area contributed by atoms with E-state index in [0.29, 0.717) is 0 Å². The number of carbonyl (C=O) groups excluding carboxylic acids is 1. The van der Waals surface area contributed by atoms with E-state index in [0.717, 1.165) is 23.7 Å². The average molecular weight is 234 g/mol. The molecule has 3 rings (SSSR count). The molecule has 1 saturated heterocycles. The SMILES string of the molecule is Cc1ccc2c(c1)N1CCSCC1C(=O)N2. The zero-order valence-corrected chi connectivity index (χ0v) is 10.0. The van der Waals surface area contributed by atoms with E-state index in [1.165, 1.54) is 11.3 Å². The Kier molecular flexibility index (Phi) is 2.32. The van der Waals surface area contributed by atoms with Crippen molar-refractivity contribution in [1.82, 2.24) is 0 Å². The van der Waals surface area contributed by atoms with E-state index < -0.39 is 0 Å². The van der Waals surface area contributed by atoms with Gasteiger partial charge in [0.2, 0.25) is 5.91 Å². The van der Waals surface area contributed by atoms with Gasteiger partial charge in [-0.3, -0.25) is 4.79 Å². The summed E-state index contributed by atoms with van der Waals surface area (Å²) in [5, 5.41) is 2.99. The lowest BCUT2D eigenvalue weighted by atomic mass is 10.1. The van der Waals surface area contributed by atoms with Crippen LogP contribution in [0, 0.1) is 6.92 Å². The Morgan fingerprint density at radius 2 is 2.38 bits per heavy atom. The van der Waals surface area contributed by atoms with Gasteiger partial charge >= 0.3 is 0 Å². The fraction of sp³-hybridized carbons (Fsp3) is 0.417. The topological polar surface area (TPSA) is 32.3 Å². The van der Waals surface area contributed by atoms with Crippen molar-refractivity contribution in [2.45, 2.75) is 13.0 Å². The number of benzene rings is 1. The van der Waals surface area contributed by atoms with E-state index in [9.17, 15) is 4.79 Å². The van der Waals surface area contributed by atoms with Crippen LogP contribution in [0.25, 0.3) is 0 Å². The maximum atomic E-state index is 11.9. The molecule has 0 aliphatic carbocycles. The molecule has 1 N–H and O–H groups in total. The molecule has 0 bridgehead atoms. The molecule has 2 aliphatic rings. The van der Waals surface area contributed by atoms with Gasteiger partial charge in [0.15, 0.2) is 0 Å². The number of hydrogen-bond donors (Lipinski definition) is 1. The molecule has 1 fully saturated rings. The summed E-state index contributed by atoms with van der Waals surface area (Å²) >= 11 is 1.86. The molecule has 1 aromatic carbocycles. The Morgan fingerprint density at radius 1 is 1.50 bits per heavy atom. The molecular weight excluding hydrogens is 220 g/mol. The molecule has 2 aliphatic heterocycles. The van der Waals surface area contributed by atoms with Crippen LogP contribution in [-0.2, 0) is 4.79 Å². The van der Waals surface area contributed by atoms with Crippen LogP contribution in [0.3, 0.4) is 0 Å². The standard InChI is InChI=1S/C12H14N2OS/c1-8-2-3-9-10(6-8)14-4-5-16-7-11(14)12(15)13-9/h2-3,6,11H,4-5,7H2,1H3,(H,13,15). The van der Waals surface area contributed by atoms with Gasteiger partial charge in [-0.25, -0.2) is 0 Å². The number of hydrogen-bond acceptors (Lipinski definition) is 3. The summed E-state index contributed by atoms with van der Waals surface area (Å²) in [6, 6.07) is 6.23. The maximum Gasteiger partial charge on any atom is 0.247 e. The van der Waals surface area contributed by atoms with Crippen molar-refractivity contribution in [3.05, 3.63) is 23.8 Å². The number of nitrogens with zero attached hydrogens (tertiary/aromatic N) is 1. The molecule has 0 aromatic heterocycles. The first kappa shape index (κ1) is 10.0. The van der Waals surface area contributed by atoms with E-state index in [4.69, 9.17) is 0 Å². The molecule has 0 saturated carbocycles. The van der Waals surface area contributed by atoms with E-state index in [1.54, 1.807) is 0 Å². The molecule has 3 nitrogen and oxygen atoms in total. The largest absolute Gasteiger partial charge is 0.356 e. The molecular formula is C12H14N2OS. The predicted molar refractivity (Wildman–Crippen MR) is 68.3 cm³/mol. The van der Waals surface area contributed by atoms with Crippen LogP contribution in [0.2, 0.25) is 0 Å². The summed E-state index contributed by atoms with van der Waals surface area (Å²) in [7, 11) is 0. The zero-order chi connectivity index (χ0) is 11.1. The van der Waals surface area contributed by atoms with Crippen LogP contribution in [-0.4, -0.2) is 30.0 Å². The quantitative estimate of drug-likeness (QED) is 0.744. The number of carbonyl (C=O) groups is 1. The Balaban J connectivity index is 2.07. The normalized spacial score (nSPS) is 23.4. The highest BCUT2D eigenvalue weighted by molar-refractivity contribution is 7.99. The molecule has 1 aromatic rings. The van der Waals surface area contributed by atoms with Gasteiger partial charge < -0.3 is 10.2 Å². The van der Waals surface area contributed by atoms with Gasteiger partial charge in [-0.1, -0.05) is 6.07 Å². The number of rotatable bonds is 0. The lowest BCUT2D eigenvalue weighted by molar-refractivity contribution is -0.117. The number of amides is 1. The van der Waals surface area contributed by atoms with Gasteiger partial charge in [0.25, 0.3) is 0 Å². The third-order valence-electron chi connectivity index (χ3n) is 3.15. The van der Waals surface area contributed by atoms with Crippen molar-refractivity contribution >= 4 is 29.0 Å². The maximum absolute atomic E-state index is 11.9. The summed E-state index contributed by atoms with van der Waals surface area (Å²) in [4.78, 5) is 14.2. The minimum atomic E-state index is 0.0213. The Morgan fingerprint density at radius 3 is 3.25 bits per heavy atom. The first-order valence-corrected chi connectivity index (χ1v) is 6.67. The number of aryl methyl sites for hydroxylation is 1. The average Bonchev–Trinajstić information content (AvgIpc) is 2.31. The second kappa shape index (κ2) is 3.70. The highest BCUT2D eigenvalue weighted by Gasteiger charge is 2.34. The number of anilines is 2. The van der Waals surface area contributed by atoms with E-state index in [-0.39, 0.29) is 11.9 Å². The van der Waals surface area contributed by atoms with E-state index >= 15 is 0 Å². The Hall–Kier alpha value is -1.16. The minimum Gasteiger partial charge on any atom is -0.356 e. The number of nitrogens with one attached hydrogen (secondary N) is 1. The van der Waals surface area contributed by atoms with Gasteiger partial charge in [0, 0.05) is 18.1 Å². The van der Waals surface area contributed by atoms with Gasteiger partial charge in [0.1, 0.15) is 6.04 Å². The Bertz CT molecular complexity index is 447. The smallest absolute Gasteiger partial charge is 0.247 e. The summed E-state index contributed by atoms with van der Waals surface area (Å²) in [5.74, 6) is 2.15. The first-order chi connectivity index (χ1) is 7.75. The van der Waals surface area contributed by atoms with Crippen molar-refractivity contribution in [1.29, 1.82) is 0 Å². The molecule has 2 heterocycles. The second-order valence-corrected chi connectivity index (χ2v) is 5.44. The van der Waals surface area contributed by atoms with E-state index in [1.807, 2.05) is 23.9 Å². The van der Waals surface area contributed by atoms with Gasteiger partial charge in [0.05, 0.1) is 11.4 Å². The fourth-order valence-electron chi connectivity index (χ4n) is 2.31. The number of thioether (sulfide) groups is 1. The van der Waals surface area contributed by atoms with Gasteiger partial charge in [-0.05, 0) is 24.6 Å². The van der Waals surface area contributed by atoms with Crippen molar-refractivity contribution < 1.29 is 4.79 Å². The monoisotopic (exact) mass is 234 g/mol. The summed E-state index contributed by atoms with van der Waals surface area (Å²) < 4.78 is 0. The second-order valence-electron chi connectivity index (χ2n) is 4.29. The summed E-state index contributed by atoms with van der Waals surface area (Å²) in [6.45, 7) is 3.06. The molecule has 4 heteroatoms. The molecule has 1 unspecified atom stereocenters. The van der Waals surface area contributed by atoms with Crippen LogP contribution in [0.5, 0.6) is 0 Å². The van der Waals surface area contributed by atoms with Crippen molar-refractivity contribution in [3.63, 3.8) is 0 Å². The minimum absolute atomic E-state index is 0.0213. The van der Waals surface area contributed by atoms with Crippen molar-refractivity contribution in [2.75, 3.05) is 28.3 Å².